The van der Waals surface area contributed by atoms with Crippen molar-refractivity contribution in [3.05, 3.63) is 0 Å². The number of carbonyl (C=O) groups excluding carboxylic acids is 1. The maximum atomic E-state index is 12.6. The summed E-state index contributed by atoms with van der Waals surface area (Å²) in [6.07, 6.45) is 4.18. The van der Waals surface area contributed by atoms with Crippen molar-refractivity contribution in [1.29, 1.82) is 0 Å². The maximum Gasteiger partial charge on any atom is 0.225 e. The van der Waals surface area contributed by atoms with Crippen LogP contribution in [0.4, 0.5) is 0 Å². The highest BCUT2D eigenvalue weighted by Gasteiger charge is 2.37. The van der Waals surface area contributed by atoms with Crippen molar-refractivity contribution in [2.75, 3.05) is 13.1 Å². The summed E-state index contributed by atoms with van der Waals surface area (Å²) < 4.78 is 0. The Morgan fingerprint density at radius 1 is 1.21 bits per heavy atom. The van der Waals surface area contributed by atoms with Gasteiger partial charge in [0.25, 0.3) is 0 Å². The van der Waals surface area contributed by atoms with Crippen LogP contribution in [0.15, 0.2) is 0 Å². The number of nitrogens with zero attached hydrogens (tertiary/aromatic N) is 1. The molecule has 0 spiro atoms. The zero-order valence-corrected chi connectivity index (χ0v) is 13.0. The molecule has 0 aromatic carbocycles. The lowest BCUT2D eigenvalue weighted by Gasteiger charge is -2.33. The molecule has 110 valence electrons. The van der Waals surface area contributed by atoms with Gasteiger partial charge in [-0.1, -0.05) is 27.7 Å². The normalized spacial score (nSPS) is 36.6. The van der Waals surface area contributed by atoms with E-state index in [1.807, 2.05) is 0 Å². The Balaban J connectivity index is 1.91. The molecule has 1 heterocycles. The van der Waals surface area contributed by atoms with Crippen molar-refractivity contribution < 1.29 is 4.79 Å². The van der Waals surface area contributed by atoms with Crippen molar-refractivity contribution in [2.45, 2.75) is 59.4 Å². The highest BCUT2D eigenvalue weighted by Crippen LogP contribution is 2.36. The second kappa shape index (κ2) is 5.43. The minimum Gasteiger partial charge on any atom is -0.342 e. The fourth-order valence-corrected chi connectivity index (χ4v) is 3.51. The topological polar surface area (TPSA) is 46.3 Å². The molecule has 19 heavy (non-hydrogen) atoms. The number of nitrogens with two attached hydrogens (primary N) is 1. The van der Waals surface area contributed by atoms with E-state index >= 15 is 0 Å². The third-order valence-electron chi connectivity index (χ3n) is 5.33. The van der Waals surface area contributed by atoms with Crippen LogP contribution < -0.4 is 5.73 Å². The first kappa shape index (κ1) is 14.8. The lowest BCUT2D eigenvalue weighted by atomic mass is 9.79. The summed E-state index contributed by atoms with van der Waals surface area (Å²) in [5.41, 5.74) is 6.44. The van der Waals surface area contributed by atoms with E-state index in [9.17, 15) is 4.79 Å². The first-order chi connectivity index (χ1) is 8.79. The molecule has 1 aliphatic heterocycles. The Kier molecular flexibility index (Phi) is 4.24. The smallest absolute Gasteiger partial charge is 0.225 e. The van der Waals surface area contributed by atoms with Crippen LogP contribution in [0, 0.1) is 23.2 Å². The average molecular weight is 266 g/mol. The Labute approximate surface area is 117 Å². The monoisotopic (exact) mass is 266 g/mol. The summed E-state index contributed by atoms with van der Waals surface area (Å²) in [6.45, 7) is 10.9. The van der Waals surface area contributed by atoms with Crippen LogP contribution in [-0.4, -0.2) is 29.9 Å². The lowest BCUT2D eigenvalue weighted by Crippen LogP contribution is -2.42. The Morgan fingerprint density at radius 2 is 1.89 bits per heavy atom. The minimum absolute atomic E-state index is 0.185. The van der Waals surface area contributed by atoms with Crippen molar-refractivity contribution in [2.24, 2.45) is 28.9 Å². The van der Waals surface area contributed by atoms with Gasteiger partial charge in [0.15, 0.2) is 0 Å². The highest BCUT2D eigenvalue weighted by molar-refractivity contribution is 5.79. The maximum absolute atomic E-state index is 12.6. The van der Waals surface area contributed by atoms with E-state index in [0.717, 1.165) is 38.8 Å². The zero-order valence-electron chi connectivity index (χ0n) is 13.0. The van der Waals surface area contributed by atoms with Crippen LogP contribution in [0.25, 0.3) is 0 Å². The average Bonchev–Trinajstić information content (AvgIpc) is 2.81. The molecule has 2 fully saturated rings. The van der Waals surface area contributed by atoms with Crippen LogP contribution in [0.1, 0.15) is 53.4 Å². The highest BCUT2D eigenvalue weighted by atomic mass is 16.2. The number of likely N-dealkylation sites (tertiary alicyclic amines) is 1. The standard InChI is InChI=1S/C16H30N2O/c1-11-5-6-12(9-14(11)17)15(19)18-8-7-13(10-18)16(2,3)4/h11-14H,5-10,17H2,1-4H3. The van der Waals surface area contributed by atoms with Crippen molar-refractivity contribution in [1.82, 2.24) is 4.90 Å². The molecule has 2 rings (SSSR count). The summed E-state index contributed by atoms with van der Waals surface area (Å²) >= 11 is 0. The van der Waals surface area contributed by atoms with E-state index in [2.05, 4.69) is 32.6 Å². The summed E-state index contributed by atoms with van der Waals surface area (Å²) in [6, 6.07) is 0.212. The molecule has 2 aliphatic rings. The van der Waals surface area contributed by atoms with E-state index < -0.39 is 0 Å². The summed E-state index contributed by atoms with van der Waals surface area (Å²) in [4.78, 5) is 14.7. The molecular formula is C16H30N2O. The van der Waals surface area contributed by atoms with Crippen LogP contribution in [0.3, 0.4) is 0 Å². The first-order valence-electron chi connectivity index (χ1n) is 7.83. The Morgan fingerprint density at radius 3 is 2.42 bits per heavy atom. The summed E-state index contributed by atoms with van der Waals surface area (Å²) in [5.74, 6) is 1.77. The molecule has 1 saturated carbocycles. The van der Waals surface area contributed by atoms with Gasteiger partial charge in [-0.3, -0.25) is 4.79 Å². The van der Waals surface area contributed by atoms with Gasteiger partial charge in [-0.05, 0) is 42.9 Å². The molecule has 1 aliphatic carbocycles. The van der Waals surface area contributed by atoms with Gasteiger partial charge in [0.1, 0.15) is 0 Å². The Hall–Kier alpha value is -0.570. The largest absolute Gasteiger partial charge is 0.342 e. The van der Waals surface area contributed by atoms with E-state index in [-0.39, 0.29) is 12.0 Å². The summed E-state index contributed by atoms with van der Waals surface area (Å²) in [5, 5.41) is 0. The van der Waals surface area contributed by atoms with Gasteiger partial charge in [-0.2, -0.15) is 0 Å². The molecule has 0 aromatic rings. The number of amides is 1. The second-order valence-electron chi connectivity index (χ2n) is 7.79. The van der Waals surface area contributed by atoms with E-state index in [1.54, 1.807) is 0 Å². The molecule has 0 radical (unpaired) electrons. The molecule has 4 atom stereocenters. The number of carbonyl (C=O) groups is 1. The minimum atomic E-state index is 0.185. The predicted octanol–water partition coefficient (Wildman–Crippen LogP) is 2.64. The molecule has 0 bridgehead atoms. The molecule has 0 aromatic heterocycles. The first-order valence-corrected chi connectivity index (χ1v) is 7.83. The van der Waals surface area contributed by atoms with Crippen LogP contribution >= 0.6 is 0 Å². The summed E-state index contributed by atoms with van der Waals surface area (Å²) in [7, 11) is 0. The van der Waals surface area contributed by atoms with E-state index in [4.69, 9.17) is 5.73 Å². The lowest BCUT2D eigenvalue weighted by molar-refractivity contribution is -0.136. The van der Waals surface area contributed by atoms with Gasteiger partial charge in [-0.15, -0.1) is 0 Å². The van der Waals surface area contributed by atoms with Crippen molar-refractivity contribution in [3.8, 4) is 0 Å². The van der Waals surface area contributed by atoms with Gasteiger partial charge in [0, 0.05) is 25.0 Å². The Bertz CT molecular complexity index is 334. The molecular weight excluding hydrogens is 236 g/mol. The number of hydrogen-bond donors (Lipinski definition) is 1. The fourth-order valence-electron chi connectivity index (χ4n) is 3.51. The van der Waals surface area contributed by atoms with Gasteiger partial charge >= 0.3 is 0 Å². The number of rotatable bonds is 1. The zero-order chi connectivity index (χ0) is 14.2. The third kappa shape index (κ3) is 3.31. The van der Waals surface area contributed by atoms with Gasteiger partial charge in [0.05, 0.1) is 0 Å². The fraction of sp³-hybridized carbons (Fsp3) is 0.938. The van der Waals surface area contributed by atoms with Gasteiger partial charge in [-0.25, -0.2) is 0 Å². The van der Waals surface area contributed by atoms with Crippen molar-refractivity contribution >= 4 is 5.91 Å². The predicted molar refractivity (Wildman–Crippen MR) is 78.6 cm³/mol. The number of hydrogen-bond acceptors (Lipinski definition) is 2. The molecule has 1 amide bonds. The SMILES string of the molecule is CC1CCC(C(=O)N2CCC(C(C)(C)C)C2)CC1N. The van der Waals surface area contributed by atoms with E-state index in [1.165, 1.54) is 0 Å². The van der Waals surface area contributed by atoms with Gasteiger partial charge in [0.2, 0.25) is 5.91 Å². The van der Waals surface area contributed by atoms with Crippen LogP contribution in [0.2, 0.25) is 0 Å². The van der Waals surface area contributed by atoms with Crippen LogP contribution in [-0.2, 0) is 4.79 Å². The quantitative estimate of drug-likeness (QED) is 0.793. The van der Waals surface area contributed by atoms with Crippen molar-refractivity contribution in [3.63, 3.8) is 0 Å². The molecule has 1 saturated heterocycles. The molecule has 3 heteroatoms. The van der Waals surface area contributed by atoms with Crippen LogP contribution in [0.5, 0.6) is 0 Å². The molecule has 4 unspecified atom stereocenters. The third-order valence-corrected chi connectivity index (χ3v) is 5.33. The molecule has 2 N–H and O–H groups in total. The van der Waals surface area contributed by atoms with Gasteiger partial charge < -0.3 is 10.6 Å². The molecule has 3 nitrogen and oxygen atoms in total. The second-order valence-corrected chi connectivity index (χ2v) is 7.79. The van der Waals surface area contributed by atoms with E-state index in [0.29, 0.717) is 23.2 Å².